The molecule has 0 heterocycles. The largest absolute Gasteiger partial charge is 0.354 e. The van der Waals surface area contributed by atoms with Gasteiger partial charge in [-0.1, -0.05) is 60.8 Å². The molecule has 0 spiro atoms. The Labute approximate surface area is 235 Å². The molecule has 1 N–H and O–H groups in total. The van der Waals surface area contributed by atoms with Crippen LogP contribution in [0.25, 0.3) is 0 Å². The first-order valence-corrected chi connectivity index (χ1v) is 15.1. The van der Waals surface area contributed by atoms with Crippen LogP contribution in [-0.4, -0.2) is 50.5 Å². The zero-order valence-electron chi connectivity index (χ0n) is 21.6. The molecule has 0 saturated heterocycles. The average Bonchev–Trinajstić information content (AvgIpc) is 2.83. The Morgan fingerprint density at radius 2 is 1.70 bits per heavy atom. The van der Waals surface area contributed by atoms with Crippen LogP contribution in [0.15, 0.2) is 36.4 Å². The van der Waals surface area contributed by atoms with Crippen LogP contribution in [0.3, 0.4) is 0 Å². The molecule has 204 valence electrons. The van der Waals surface area contributed by atoms with Crippen molar-refractivity contribution in [1.82, 2.24) is 10.2 Å². The molecule has 0 aromatic heterocycles. The predicted molar refractivity (Wildman–Crippen MR) is 152 cm³/mol. The highest BCUT2D eigenvalue weighted by atomic mass is 35.5. The molecule has 0 aliphatic heterocycles. The summed E-state index contributed by atoms with van der Waals surface area (Å²) < 4.78 is 26.4. The van der Waals surface area contributed by atoms with Crippen molar-refractivity contribution in [2.24, 2.45) is 0 Å². The number of carbonyl (C=O) groups excluding carboxylic acids is 2. The van der Waals surface area contributed by atoms with Gasteiger partial charge in [0.2, 0.25) is 21.8 Å². The van der Waals surface area contributed by atoms with Gasteiger partial charge < -0.3 is 10.2 Å². The lowest BCUT2D eigenvalue weighted by Gasteiger charge is -2.31. The number of amides is 2. The lowest BCUT2D eigenvalue weighted by molar-refractivity contribution is -0.141. The van der Waals surface area contributed by atoms with Crippen LogP contribution >= 0.6 is 34.8 Å². The van der Waals surface area contributed by atoms with Crippen molar-refractivity contribution in [1.29, 1.82) is 0 Å². The van der Waals surface area contributed by atoms with E-state index in [4.69, 9.17) is 34.8 Å². The molecule has 0 fully saturated rings. The molecule has 0 unspecified atom stereocenters. The van der Waals surface area contributed by atoms with E-state index in [1.807, 2.05) is 13.8 Å². The second-order valence-corrected chi connectivity index (χ2v) is 12.0. The number of halogens is 3. The van der Waals surface area contributed by atoms with Gasteiger partial charge in [-0.2, -0.15) is 0 Å². The summed E-state index contributed by atoms with van der Waals surface area (Å²) in [5, 5.41) is 4.07. The van der Waals surface area contributed by atoms with Crippen molar-refractivity contribution in [2.75, 3.05) is 23.7 Å². The van der Waals surface area contributed by atoms with Gasteiger partial charge in [0.15, 0.2) is 0 Å². The van der Waals surface area contributed by atoms with E-state index < -0.39 is 16.1 Å². The summed E-state index contributed by atoms with van der Waals surface area (Å²) in [4.78, 5) is 27.9. The van der Waals surface area contributed by atoms with Crippen molar-refractivity contribution in [2.45, 2.75) is 59.0 Å². The van der Waals surface area contributed by atoms with Crippen LogP contribution in [0.1, 0.15) is 50.7 Å². The third-order valence-electron chi connectivity index (χ3n) is 5.92. The first-order valence-electron chi connectivity index (χ1n) is 12.1. The zero-order chi connectivity index (χ0) is 27.8. The molecule has 0 saturated carbocycles. The molecule has 1 atom stereocenters. The fraction of sp³-hybridized carbons (Fsp3) is 0.462. The summed E-state index contributed by atoms with van der Waals surface area (Å²) in [5.41, 5.74) is 1.76. The molecule has 2 aromatic carbocycles. The lowest BCUT2D eigenvalue weighted by atomic mass is 10.1. The van der Waals surface area contributed by atoms with Crippen LogP contribution < -0.4 is 9.62 Å². The summed E-state index contributed by atoms with van der Waals surface area (Å²) in [5.74, 6) is -0.557. The van der Waals surface area contributed by atoms with E-state index in [1.165, 1.54) is 9.21 Å². The van der Waals surface area contributed by atoms with E-state index in [0.29, 0.717) is 39.3 Å². The second-order valence-electron chi connectivity index (χ2n) is 8.81. The van der Waals surface area contributed by atoms with Gasteiger partial charge in [0.05, 0.1) is 11.9 Å². The summed E-state index contributed by atoms with van der Waals surface area (Å²) in [6.45, 7) is 6.20. The first-order chi connectivity index (χ1) is 17.4. The van der Waals surface area contributed by atoms with Crippen molar-refractivity contribution >= 4 is 62.3 Å². The van der Waals surface area contributed by atoms with Gasteiger partial charge in [-0.25, -0.2) is 8.42 Å². The third-order valence-corrected chi connectivity index (χ3v) is 8.04. The molecule has 2 rings (SSSR count). The highest BCUT2D eigenvalue weighted by Gasteiger charge is 2.30. The number of hydrogen-bond donors (Lipinski definition) is 1. The third kappa shape index (κ3) is 8.77. The Bertz CT molecular complexity index is 1190. The van der Waals surface area contributed by atoms with Crippen molar-refractivity contribution in [3.8, 4) is 0 Å². The van der Waals surface area contributed by atoms with Gasteiger partial charge in [0, 0.05) is 46.7 Å². The summed E-state index contributed by atoms with van der Waals surface area (Å²) in [6, 6.07) is 9.38. The van der Waals surface area contributed by atoms with E-state index in [-0.39, 0.29) is 37.7 Å². The number of nitrogens with zero attached hydrogens (tertiary/aromatic N) is 2. The maximum atomic E-state index is 13.5. The summed E-state index contributed by atoms with van der Waals surface area (Å²) in [7, 11) is -3.63. The Kier molecular flexibility index (Phi) is 12.0. The molecule has 2 amide bonds. The van der Waals surface area contributed by atoms with Gasteiger partial charge in [-0.3, -0.25) is 13.9 Å². The number of hydrogen-bond acceptors (Lipinski definition) is 4. The maximum absolute atomic E-state index is 13.5. The number of sulfonamides is 1. The second kappa shape index (κ2) is 14.2. The zero-order valence-corrected chi connectivity index (χ0v) is 24.6. The molecule has 7 nitrogen and oxygen atoms in total. The average molecular weight is 591 g/mol. The van der Waals surface area contributed by atoms with Crippen LogP contribution in [0.2, 0.25) is 15.1 Å². The number of nitrogens with one attached hydrogen (secondary N) is 1. The van der Waals surface area contributed by atoms with E-state index in [0.717, 1.165) is 18.2 Å². The summed E-state index contributed by atoms with van der Waals surface area (Å²) in [6.07, 6.45) is 2.52. The fourth-order valence-corrected chi connectivity index (χ4v) is 5.67. The normalized spacial score (nSPS) is 12.2. The molecule has 2 aromatic rings. The van der Waals surface area contributed by atoms with Gasteiger partial charge in [-0.15, -0.1) is 0 Å². The highest BCUT2D eigenvalue weighted by molar-refractivity contribution is 7.92. The number of anilines is 1. The van der Waals surface area contributed by atoms with E-state index >= 15 is 0 Å². The number of aryl methyl sites for hydroxylation is 1. The SMILES string of the molecule is CCCNC(=O)[C@@H](CC)N(Cc1c(Cl)cccc1Cl)C(=O)CCCN(c1cc(Cl)ccc1C)S(C)(=O)=O. The number of benzene rings is 2. The number of rotatable bonds is 13. The van der Waals surface area contributed by atoms with Crippen molar-refractivity contribution in [3.05, 3.63) is 62.6 Å². The van der Waals surface area contributed by atoms with Gasteiger partial charge in [0.1, 0.15) is 6.04 Å². The van der Waals surface area contributed by atoms with Crippen molar-refractivity contribution in [3.63, 3.8) is 0 Å². The minimum atomic E-state index is -3.63. The molecule has 11 heteroatoms. The molecule has 0 aliphatic rings. The van der Waals surface area contributed by atoms with E-state index in [2.05, 4.69) is 5.32 Å². The smallest absolute Gasteiger partial charge is 0.242 e. The van der Waals surface area contributed by atoms with E-state index in [1.54, 1.807) is 43.3 Å². The maximum Gasteiger partial charge on any atom is 0.242 e. The number of carbonyl (C=O) groups is 2. The van der Waals surface area contributed by atoms with Crippen LogP contribution in [0, 0.1) is 6.92 Å². The van der Waals surface area contributed by atoms with Crippen molar-refractivity contribution < 1.29 is 18.0 Å². The topological polar surface area (TPSA) is 86.8 Å². The fourth-order valence-electron chi connectivity index (χ4n) is 3.97. The first kappa shape index (κ1) is 31.2. The standard InChI is InChI=1S/C26H34Cl3N3O4S/c1-5-14-30-26(34)23(6-2)31(17-20-21(28)9-7-10-22(20)29)25(33)11-8-15-32(37(4,35)36)24-16-19(27)13-12-18(24)3/h7,9-10,12-13,16,23H,5-6,8,11,14-15,17H2,1-4H3,(H,30,34)/t23-/m1/s1. The summed E-state index contributed by atoms with van der Waals surface area (Å²) >= 11 is 18.9. The Morgan fingerprint density at radius 3 is 2.27 bits per heavy atom. The van der Waals surface area contributed by atoms with Gasteiger partial charge in [-0.05, 0) is 56.0 Å². The van der Waals surface area contributed by atoms with Gasteiger partial charge >= 0.3 is 0 Å². The van der Waals surface area contributed by atoms with Gasteiger partial charge in [0.25, 0.3) is 0 Å². The highest BCUT2D eigenvalue weighted by Crippen LogP contribution is 2.29. The lowest BCUT2D eigenvalue weighted by Crippen LogP contribution is -2.49. The minimum absolute atomic E-state index is 0.0191. The monoisotopic (exact) mass is 589 g/mol. The molecular formula is C26H34Cl3N3O4S. The molecule has 0 aliphatic carbocycles. The molecular weight excluding hydrogens is 557 g/mol. The quantitative estimate of drug-likeness (QED) is 0.318. The Balaban J connectivity index is 2.29. The Morgan fingerprint density at radius 1 is 1.05 bits per heavy atom. The van der Waals surface area contributed by atoms with Crippen LogP contribution in [-0.2, 0) is 26.2 Å². The minimum Gasteiger partial charge on any atom is -0.354 e. The predicted octanol–water partition coefficient (Wildman–Crippen LogP) is 5.84. The molecule has 37 heavy (non-hydrogen) atoms. The molecule has 0 bridgehead atoms. The Hall–Kier alpha value is -2.00. The van der Waals surface area contributed by atoms with Crippen LogP contribution in [0.5, 0.6) is 0 Å². The van der Waals surface area contributed by atoms with E-state index in [9.17, 15) is 18.0 Å². The molecule has 0 radical (unpaired) electrons. The van der Waals surface area contributed by atoms with Crippen LogP contribution in [0.4, 0.5) is 5.69 Å².